The van der Waals surface area contributed by atoms with Gasteiger partial charge in [-0.3, -0.25) is 0 Å². The van der Waals surface area contributed by atoms with Gasteiger partial charge in [0.2, 0.25) is 0 Å². The van der Waals surface area contributed by atoms with E-state index >= 15 is 0 Å². The molecular weight excluding hydrogens is 282 g/mol. The molecule has 0 spiro atoms. The number of ether oxygens (including phenoxy) is 1. The van der Waals surface area contributed by atoms with E-state index in [1.165, 1.54) is 40.8 Å². The van der Waals surface area contributed by atoms with Gasteiger partial charge in [0.15, 0.2) is 0 Å². The predicted octanol–water partition coefficient (Wildman–Crippen LogP) is 5.28. The first-order chi connectivity index (χ1) is 11.4. The molecule has 0 aliphatic heterocycles. The average Bonchev–Trinajstić information content (AvgIpc) is 2.60. The molecule has 0 aliphatic rings. The molecule has 3 rings (SSSR count). The second kappa shape index (κ2) is 7.98. The van der Waals surface area contributed by atoms with Crippen LogP contribution >= 0.6 is 0 Å². The van der Waals surface area contributed by atoms with E-state index in [1.54, 1.807) is 0 Å². The van der Waals surface area contributed by atoms with Crippen molar-refractivity contribution in [2.24, 2.45) is 5.73 Å². The number of rotatable bonds is 8. The highest BCUT2D eigenvalue weighted by atomic mass is 16.5. The van der Waals surface area contributed by atoms with Crippen LogP contribution < -0.4 is 10.5 Å². The third kappa shape index (κ3) is 3.83. The van der Waals surface area contributed by atoms with Gasteiger partial charge in [-0.2, -0.15) is 0 Å². The molecule has 0 radical (unpaired) electrons. The zero-order chi connectivity index (χ0) is 15.9. The normalized spacial score (nSPS) is 11.2. The summed E-state index contributed by atoms with van der Waals surface area (Å²) in [7, 11) is 0. The summed E-state index contributed by atoms with van der Waals surface area (Å²) in [4.78, 5) is 0. The lowest BCUT2D eigenvalue weighted by Crippen LogP contribution is -2.00. The molecule has 3 aromatic rings. The third-order valence-corrected chi connectivity index (χ3v) is 4.32. The average molecular weight is 307 g/mol. The van der Waals surface area contributed by atoms with E-state index in [-0.39, 0.29) is 0 Å². The molecule has 0 bridgehead atoms. The number of hydrogen-bond donors (Lipinski definition) is 1. The standard InChI is InChI=1S/C21H25NO/c22-14-8-2-1-3-9-15-23-21-19-12-6-4-10-17(19)16-18-11-5-7-13-20(18)21/h4-7,10-13,16H,1-3,8-9,14-15,22H2. The molecule has 0 heterocycles. The monoisotopic (exact) mass is 307 g/mol. The van der Waals surface area contributed by atoms with Crippen LogP contribution in [0.3, 0.4) is 0 Å². The van der Waals surface area contributed by atoms with Crippen molar-refractivity contribution in [3.05, 3.63) is 54.6 Å². The fraction of sp³-hybridized carbons (Fsp3) is 0.333. The van der Waals surface area contributed by atoms with Crippen LogP contribution in [0.15, 0.2) is 54.6 Å². The molecule has 0 amide bonds. The largest absolute Gasteiger partial charge is 0.492 e. The van der Waals surface area contributed by atoms with Crippen molar-refractivity contribution in [3.63, 3.8) is 0 Å². The molecule has 2 heteroatoms. The van der Waals surface area contributed by atoms with E-state index in [9.17, 15) is 0 Å². The summed E-state index contributed by atoms with van der Waals surface area (Å²) in [5.74, 6) is 1.03. The van der Waals surface area contributed by atoms with Crippen LogP contribution in [0.4, 0.5) is 0 Å². The van der Waals surface area contributed by atoms with Gasteiger partial charge in [0.1, 0.15) is 5.75 Å². The van der Waals surface area contributed by atoms with Crippen molar-refractivity contribution < 1.29 is 4.74 Å². The van der Waals surface area contributed by atoms with Gasteiger partial charge in [-0.15, -0.1) is 0 Å². The van der Waals surface area contributed by atoms with Crippen LogP contribution in [0.2, 0.25) is 0 Å². The minimum atomic E-state index is 0.778. The quantitative estimate of drug-likeness (QED) is 0.454. The van der Waals surface area contributed by atoms with E-state index in [0.29, 0.717) is 0 Å². The molecule has 2 nitrogen and oxygen atoms in total. The van der Waals surface area contributed by atoms with Crippen LogP contribution in [-0.2, 0) is 0 Å². The molecular formula is C21H25NO. The minimum absolute atomic E-state index is 0.778. The highest BCUT2D eigenvalue weighted by Crippen LogP contribution is 2.34. The minimum Gasteiger partial charge on any atom is -0.492 e. The highest BCUT2D eigenvalue weighted by molar-refractivity contribution is 6.05. The van der Waals surface area contributed by atoms with E-state index < -0.39 is 0 Å². The SMILES string of the molecule is NCCCCCCCOc1c2ccccc2cc2ccccc12. The van der Waals surface area contributed by atoms with Crippen molar-refractivity contribution in [2.45, 2.75) is 32.1 Å². The number of hydrogen-bond acceptors (Lipinski definition) is 2. The van der Waals surface area contributed by atoms with Crippen LogP contribution in [0, 0.1) is 0 Å². The van der Waals surface area contributed by atoms with Gasteiger partial charge in [-0.05, 0) is 36.2 Å². The van der Waals surface area contributed by atoms with Crippen LogP contribution in [0.1, 0.15) is 32.1 Å². The molecule has 2 N–H and O–H groups in total. The second-order valence-corrected chi connectivity index (χ2v) is 6.05. The van der Waals surface area contributed by atoms with E-state index in [1.807, 2.05) is 0 Å². The Hall–Kier alpha value is -2.06. The molecule has 23 heavy (non-hydrogen) atoms. The Bertz CT molecular complexity index is 712. The first-order valence-electron chi connectivity index (χ1n) is 8.63. The number of unbranched alkanes of at least 4 members (excludes halogenated alkanes) is 4. The van der Waals surface area contributed by atoms with Gasteiger partial charge in [0, 0.05) is 10.8 Å². The van der Waals surface area contributed by atoms with Crippen molar-refractivity contribution in [1.82, 2.24) is 0 Å². The lowest BCUT2D eigenvalue weighted by Gasteiger charge is -2.13. The fourth-order valence-electron chi connectivity index (χ4n) is 3.08. The molecule has 0 unspecified atom stereocenters. The van der Waals surface area contributed by atoms with Gasteiger partial charge in [-0.1, -0.05) is 67.8 Å². The maximum atomic E-state index is 6.21. The summed E-state index contributed by atoms with van der Waals surface area (Å²) in [6, 6.07) is 19.2. The van der Waals surface area contributed by atoms with Gasteiger partial charge in [0.25, 0.3) is 0 Å². The molecule has 0 aliphatic carbocycles. The molecule has 0 fully saturated rings. The van der Waals surface area contributed by atoms with Crippen molar-refractivity contribution >= 4 is 21.5 Å². The molecule has 0 saturated carbocycles. The van der Waals surface area contributed by atoms with Crippen molar-refractivity contribution in [1.29, 1.82) is 0 Å². The Kier molecular flexibility index (Phi) is 5.49. The molecule has 120 valence electrons. The Morgan fingerprint density at radius 3 is 1.91 bits per heavy atom. The van der Waals surface area contributed by atoms with Gasteiger partial charge >= 0.3 is 0 Å². The van der Waals surface area contributed by atoms with E-state index in [4.69, 9.17) is 10.5 Å². The van der Waals surface area contributed by atoms with E-state index in [0.717, 1.165) is 31.7 Å². The third-order valence-electron chi connectivity index (χ3n) is 4.32. The molecule has 0 saturated heterocycles. The molecule has 0 atom stereocenters. The lowest BCUT2D eigenvalue weighted by atomic mass is 10.0. The van der Waals surface area contributed by atoms with Crippen molar-refractivity contribution in [3.8, 4) is 5.75 Å². The summed E-state index contributed by atoms with van der Waals surface area (Å²) >= 11 is 0. The number of nitrogens with two attached hydrogens (primary N) is 1. The Morgan fingerprint density at radius 2 is 1.26 bits per heavy atom. The summed E-state index contributed by atoms with van der Waals surface area (Å²) in [5.41, 5.74) is 5.53. The zero-order valence-electron chi connectivity index (χ0n) is 13.6. The van der Waals surface area contributed by atoms with Crippen LogP contribution in [-0.4, -0.2) is 13.2 Å². The first kappa shape index (κ1) is 15.8. The number of fused-ring (bicyclic) bond motifs is 2. The molecule has 0 aromatic heterocycles. The van der Waals surface area contributed by atoms with Gasteiger partial charge < -0.3 is 10.5 Å². The van der Waals surface area contributed by atoms with Gasteiger partial charge in [-0.25, -0.2) is 0 Å². The highest BCUT2D eigenvalue weighted by Gasteiger charge is 2.08. The van der Waals surface area contributed by atoms with Crippen molar-refractivity contribution in [2.75, 3.05) is 13.2 Å². The van der Waals surface area contributed by atoms with E-state index in [2.05, 4.69) is 54.6 Å². The topological polar surface area (TPSA) is 35.2 Å². The maximum absolute atomic E-state index is 6.21. The zero-order valence-corrected chi connectivity index (χ0v) is 13.6. The predicted molar refractivity (Wildman–Crippen MR) is 99.1 cm³/mol. The van der Waals surface area contributed by atoms with Crippen LogP contribution in [0.5, 0.6) is 5.75 Å². The summed E-state index contributed by atoms with van der Waals surface area (Å²) in [6.45, 7) is 1.58. The second-order valence-electron chi connectivity index (χ2n) is 6.05. The lowest BCUT2D eigenvalue weighted by molar-refractivity contribution is 0.311. The fourth-order valence-corrected chi connectivity index (χ4v) is 3.08. The van der Waals surface area contributed by atoms with Gasteiger partial charge in [0.05, 0.1) is 6.61 Å². The smallest absolute Gasteiger partial charge is 0.134 e. The summed E-state index contributed by atoms with van der Waals surface area (Å²) in [5, 5.41) is 4.89. The Morgan fingerprint density at radius 1 is 0.696 bits per heavy atom. The maximum Gasteiger partial charge on any atom is 0.134 e. The van der Waals surface area contributed by atoms with Crippen LogP contribution in [0.25, 0.3) is 21.5 Å². The summed E-state index contributed by atoms with van der Waals surface area (Å²) < 4.78 is 6.21. The first-order valence-corrected chi connectivity index (χ1v) is 8.63. The number of benzene rings is 3. The Labute approximate surface area is 138 Å². The summed E-state index contributed by atoms with van der Waals surface area (Å²) in [6.07, 6.45) is 5.92. The molecule has 3 aromatic carbocycles. The Balaban J connectivity index is 1.75.